The summed E-state index contributed by atoms with van der Waals surface area (Å²) in [6, 6.07) is 3.76. The van der Waals surface area contributed by atoms with Crippen molar-refractivity contribution in [3.63, 3.8) is 0 Å². The molecule has 156 valence electrons. The number of furan rings is 1. The maximum atomic E-state index is 12.9. The van der Waals surface area contributed by atoms with Crippen molar-refractivity contribution >= 4 is 5.91 Å². The van der Waals surface area contributed by atoms with Gasteiger partial charge >= 0.3 is 0 Å². The van der Waals surface area contributed by atoms with Crippen LogP contribution in [0, 0.1) is 0 Å². The lowest BCUT2D eigenvalue weighted by Gasteiger charge is -2.20. The van der Waals surface area contributed by atoms with E-state index in [9.17, 15) is 4.79 Å². The number of aromatic nitrogens is 3. The Morgan fingerprint density at radius 2 is 1.90 bits per heavy atom. The van der Waals surface area contributed by atoms with E-state index in [1.165, 1.54) is 12.8 Å². The number of carbonyl (C=O) groups excluding carboxylic acids is 1. The van der Waals surface area contributed by atoms with Gasteiger partial charge in [-0.3, -0.25) is 9.69 Å². The second-order valence-electron chi connectivity index (χ2n) is 8.29. The van der Waals surface area contributed by atoms with Crippen molar-refractivity contribution in [1.29, 1.82) is 0 Å². The first-order valence-electron chi connectivity index (χ1n) is 10.9. The lowest BCUT2D eigenvalue weighted by molar-refractivity contribution is 0.0721. The normalized spacial score (nSPS) is 21.3. The van der Waals surface area contributed by atoms with Crippen LogP contribution in [0.5, 0.6) is 0 Å². The molecule has 0 aliphatic carbocycles. The highest BCUT2D eigenvalue weighted by molar-refractivity contribution is 5.91. The minimum atomic E-state index is -0.0342. The van der Waals surface area contributed by atoms with Crippen LogP contribution in [-0.4, -0.2) is 69.9 Å². The van der Waals surface area contributed by atoms with Crippen molar-refractivity contribution < 1.29 is 13.9 Å². The lowest BCUT2D eigenvalue weighted by atomic mass is 10.00. The van der Waals surface area contributed by atoms with Crippen molar-refractivity contribution in [2.45, 2.75) is 51.1 Å². The zero-order valence-corrected chi connectivity index (χ0v) is 16.9. The van der Waals surface area contributed by atoms with Gasteiger partial charge in [-0.15, -0.1) is 0 Å². The van der Waals surface area contributed by atoms with Crippen LogP contribution in [0.4, 0.5) is 0 Å². The third kappa shape index (κ3) is 4.09. The van der Waals surface area contributed by atoms with Gasteiger partial charge in [-0.25, -0.2) is 9.67 Å². The molecular weight excluding hydrogens is 370 g/mol. The van der Waals surface area contributed by atoms with Gasteiger partial charge in [-0.05, 0) is 50.9 Å². The molecule has 2 aromatic rings. The predicted octanol–water partition coefficient (Wildman–Crippen LogP) is 2.06. The number of rotatable bonds is 4. The molecule has 0 atom stereocenters. The van der Waals surface area contributed by atoms with Crippen LogP contribution in [0.3, 0.4) is 0 Å². The highest BCUT2D eigenvalue weighted by Crippen LogP contribution is 2.25. The van der Waals surface area contributed by atoms with Gasteiger partial charge in [-0.2, -0.15) is 5.10 Å². The van der Waals surface area contributed by atoms with Crippen LogP contribution >= 0.6 is 0 Å². The van der Waals surface area contributed by atoms with Crippen molar-refractivity contribution in [1.82, 2.24) is 24.6 Å². The van der Waals surface area contributed by atoms with Crippen molar-refractivity contribution in [3.8, 4) is 0 Å². The topological polar surface area (TPSA) is 76.6 Å². The van der Waals surface area contributed by atoms with Gasteiger partial charge in [-0.1, -0.05) is 0 Å². The molecule has 3 aliphatic heterocycles. The van der Waals surface area contributed by atoms with E-state index >= 15 is 0 Å². The SMILES string of the molecule is O=C(c1ccc(CN2CCCC2)o1)N1CCc2nc(C3CCOCC3)nn2CC1. The van der Waals surface area contributed by atoms with Crippen LogP contribution in [0.25, 0.3) is 0 Å². The summed E-state index contributed by atoms with van der Waals surface area (Å²) >= 11 is 0. The highest BCUT2D eigenvalue weighted by atomic mass is 16.5. The Labute approximate surface area is 170 Å². The second kappa shape index (κ2) is 8.28. The number of ether oxygens (including phenoxy) is 1. The summed E-state index contributed by atoms with van der Waals surface area (Å²) < 4.78 is 13.3. The van der Waals surface area contributed by atoms with E-state index in [1.807, 2.05) is 21.7 Å². The number of hydrogen-bond acceptors (Lipinski definition) is 6. The summed E-state index contributed by atoms with van der Waals surface area (Å²) in [6.07, 6.45) is 5.21. The summed E-state index contributed by atoms with van der Waals surface area (Å²) in [5, 5.41) is 4.75. The highest BCUT2D eigenvalue weighted by Gasteiger charge is 2.26. The maximum Gasteiger partial charge on any atom is 0.289 e. The fraction of sp³-hybridized carbons (Fsp3) is 0.667. The van der Waals surface area contributed by atoms with E-state index in [4.69, 9.17) is 19.2 Å². The Kier molecular flexibility index (Phi) is 5.37. The quantitative estimate of drug-likeness (QED) is 0.783. The van der Waals surface area contributed by atoms with Crippen LogP contribution < -0.4 is 0 Å². The van der Waals surface area contributed by atoms with E-state index in [0.717, 1.165) is 69.5 Å². The molecule has 29 heavy (non-hydrogen) atoms. The minimum absolute atomic E-state index is 0.0342. The molecule has 0 saturated carbocycles. The zero-order valence-electron chi connectivity index (χ0n) is 16.9. The third-order valence-electron chi connectivity index (χ3n) is 6.28. The molecule has 0 unspecified atom stereocenters. The first kappa shape index (κ1) is 18.8. The van der Waals surface area contributed by atoms with Gasteiger partial charge in [0.25, 0.3) is 5.91 Å². The summed E-state index contributed by atoms with van der Waals surface area (Å²) in [5.74, 6) is 3.61. The first-order valence-corrected chi connectivity index (χ1v) is 10.9. The second-order valence-corrected chi connectivity index (χ2v) is 8.29. The molecule has 0 radical (unpaired) electrons. The fourth-order valence-corrected chi connectivity index (χ4v) is 4.55. The van der Waals surface area contributed by atoms with Crippen LogP contribution in [0.15, 0.2) is 16.5 Å². The molecule has 2 aromatic heterocycles. The molecule has 3 aliphatic rings. The van der Waals surface area contributed by atoms with Crippen LogP contribution in [-0.2, 0) is 24.2 Å². The van der Waals surface area contributed by atoms with Gasteiger partial charge in [0.1, 0.15) is 11.6 Å². The number of amides is 1. The number of fused-ring (bicyclic) bond motifs is 1. The van der Waals surface area contributed by atoms with E-state index in [2.05, 4.69) is 4.90 Å². The Morgan fingerprint density at radius 3 is 2.72 bits per heavy atom. The van der Waals surface area contributed by atoms with Crippen LogP contribution in [0.1, 0.15) is 59.6 Å². The van der Waals surface area contributed by atoms with E-state index in [-0.39, 0.29) is 5.91 Å². The standard InChI is InChI=1S/C21H29N5O3/c27-21(18-4-3-17(29-18)15-24-8-1-2-9-24)25-10-5-19-22-20(23-26(19)12-11-25)16-6-13-28-14-7-16/h3-4,16H,1-2,5-15H2. The Hall–Kier alpha value is -2.19. The monoisotopic (exact) mass is 399 g/mol. The molecule has 5 heterocycles. The smallest absolute Gasteiger partial charge is 0.289 e. The van der Waals surface area contributed by atoms with Gasteiger partial charge in [0.2, 0.25) is 0 Å². The molecule has 0 N–H and O–H groups in total. The molecule has 1 amide bonds. The van der Waals surface area contributed by atoms with Gasteiger partial charge in [0, 0.05) is 38.6 Å². The largest absolute Gasteiger partial charge is 0.455 e. The molecule has 0 aromatic carbocycles. The predicted molar refractivity (Wildman–Crippen MR) is 106 cm³/mol. The lowest BCUT2D eigenvalue weighted by Crippen LogP contribution is -2.33. The van der Waals surface area contributed by atoms with Gasteiger partial charge in [0.15, 0.2) is 11.6 Å². The van der Waals surface area contributed by atoms with Crippen molar-refractivity contribution in [2.75, 3.05) is 39.4 Å². The van der Waals surface area contributed by atoms with Crippen molar-refractivity contribution in [2.24, 2.45) is 0 Å². The molecule has 0 spiro atoms. The Bertz CT molecular complexity index is 823. The average Bonchev–Trinajstić information content (AvgIpc) is 3.49. The number of carbonyl (C=O) groups is 1. The van der Waals surface area contributed by atoms with E-state index in [0.29, 0.717) is 31.3 Å². The zero-order chi connectivity index (χ0) is 19.6. The van der Waals surface area contributed by atoms with Gasteiger partial charge < -0.3 is 14.1 Å². The molecule has 2 fully saturated rings. The molecule has 2 saturated heterocycles. The minimum Gasteiger partial charge on any atom is -0.455 e. The molecule has 8 nitrogen and oxygen atoms in total. The van der Waals surface area contributed by atoms with Crippen LogP contribution in [0.2, 0.25) is 0 Å². The molecular formula is C21H29N5O3. The Balaban J connectivity index is 1.21. The number of likely N-dealkylation sites (tertiary alicyclic amines) is 1. The molecule has 8 heteroatoms. The maximum absolute atomic E-state index is 12.9. The van der Waals surface area contributed by atoms with Gasteiger partial charge in [0.05, 0.1) is 13.1 Å². The number of hydrogen-bond donors (Lipinski definition) is 0. The molecule has 5 rings (SSSR count). The Morgan fingerprint density at radius 1 is 1.07 bits per heavy atom. The summed E-state index contributed by atoms with van der Waals surface area (Å²) in [6.45, 7) is 6.56. The third-order valence-corrected chi connectivity index (χ3v) is 6.28. The summed E-state index contributed by atoms with van der Waals surface area (Å²) in [4.78, 5) is 22.0. The average molecular weight is 399 g/mol. The molecule has 0 bridgehead atoms. The fourth-order valence-electron chi connectivity index (χ4n) is 4.55. The van der Waals surface area contributed by atoms with E-state index < -0.39 is 0 Å². The van der Waals surface area contributed by atoms with Crippen molar-refractivity contribution in [3.05, 3.63) is 35.3 Å². The summed E-state index contributed by atoms with van der Waals surface area (Å²) in [5.41, 5.74) is 0. The number of nitrogens with zero attached hydrogens (tertiary/aromatic N) is 5. The first-order chi connectivity index (χ1) is 14.3. The van der Waals surface area contributed by atoms with E-state index in [1.54, 1.807) is 0 Å². The summed E-state index contributed by atoms with van der Waals surface area (Å²) in [7, 11) is 0.